The molecule has 9 heteroatoms. The maximum absolute atomic E-state index is 12.7. The highest BCUT2D eigenvalue weighted by atomic mass is 35.5. The van der Waals surface area contributed by atoms with Crippen LogP contribution in [0.25, 0.3) is 0 Å². The topological polar surface area (TPSA) is 75.1 Å². The Hall–Kier alpha value is -2.38. The van der Waals surface area contributed by atoms with Crippen molar-refractivity contribution in [3.05, 3.63) is 40.1 Å². The number of anilines is 1. The lowest BCUT2D eigenvalue weighted by Crippen LogP contribution is -2.48. The first-order chi connectivity index (χ1) is 12.9. The van der Waals surface area contributed by atoms with Crippen molar-refractivity contribution >= 4 is 34.8 Å². The highest BCUT2D eigenvalue weighted by Gasteiger charge is 2.24. The van der Waals surface area contributed by atoms with Crippen molar-refractivity contribution in [2.75, 3.05) is 45.3 Å². The summed E-state index contributed by atoms with van der Waals surface area (Å²) < 4.78 is 10.4. The number of piperazine rings is 1. The Morgan fingerprint density at radius 3 is 2.00 bits per heavy atom. The predicted octanol–water partition coefficient (Wildman–Crippen LogP) is 3.07. The first-order valence-electron chi connectivity index (χ1n) is 8.25. The molecule has 0 saturated carbocycles. The quantitative estimate of drug-likeness (QED) is 0.779. The summed E-state index contributed by atoms with van der Waals surface area (Å²) in [5.74, 6) is 0.499. The van der Waals surface area contributed by atoms with Gasteiger partial charge in [-0.3, -0.25) is 4.79 Å². The fourth-order valence-electron chi connectivity index (χ4n) is 3.00. The molecule has 1 amide bonds. The summed E-state index contributed by atoms with van der Waals surface area (Å²) in [5.41, 5.74) is 1.27. The van der Waals surface area contributed by atoms with Gasteiger partial charge in [0.1, 0.15) is 10.3 Å². The minimum absolute atomic E-state index is 0.0380. The largest absolute Gasteiger partial charge is 0.502 e. The maximum atomic E-state index is 12.7. The molecule has 0 radical (unpaired) electrons. The highest BCUT2D eigenvalue weighted by molar-refractivity contribution is 6.33. The van der Waals surface area contributed by atoms with Crippen LogP contribution in [0.3, 0.4) is 0 Å². The number of amides is 1. The summed E-state index contributed by atoms with van der Waals surface area (Å²) in [6.07, 6.45) is 0. The molecular formula is C18H19Cl2N3O4. The van der Waals surface area contributed by atoms with Crippen molar-refractivity contribution in [3.8, 4) is 17.2 Å². The number of pyridine rings is 1. The van der Waals surface area contributed by atoms with E-state index in [1.165, 1.54) is 26.4 Å². The van der Waals surface area contributed by atoms with E-state index in [2.05, 4.69) is 9.88 Å². The van der Waals surface area contributed by atoms with Crippen molar-refractivity contribution < 1.29 is 19.4 Å². The Kier molecular flexibility index (Phi) is 5.82. The SMILES string of the molecule is COc1cc(N2CCN(C(=O)c3cc(Cl)nc(Cl)c3)CC2)cc(OC)c1O. The second-order valence-electron chi connectivity index (χ2n) is 5.98. The Labute approximate surface area is 167 Å². The molecule has 2 aromatic rings. The zero-order valence-electron chi connectivity index (χ0n) is 14.9. The van der Waals surface area contributed by atoms with E-state index in [1.807, 2.05) is 0 Å². The van der Waals surface area contributed by atoms with Crippen LogP contribution in [0.15, 0.2) is 24.3 Å². The van der Waals surface area contributed by atoms with Gasteiger partial charge in [0.15, 0.2) is 11.5 Å². The molecule has 1 saturated heterocycles. The summed E-state index contributed by atoms with van der Waals surface area (Å²) >= 11 is 11.8. The lowest BCUT2D eigenvalue weighted by molar-refractivity contribution is 0.0746. The summed E-state index contributed by atoms with van der Waals surface area (Å²) in [4.78, 5) is 20.4. The number of carbonyl (C=O) groups is 1. The molecule has 7 nitrogen and oxygen atoms in total. The molecule has 144 valence electrons. The van der Waals surface area contributed by atoms with Crippen molar-refractivity contribution in [2.45, 2.75) is 0 Å². The van der Waals surface area contributed by atoms with Gasteiger partial charge in [-0.25, -0.2) is 4.98 Å². The van der Waals surface area contributed by atoms with Crippen LogP contribution in [0.2, 0.25) is 10.3 Å². The number of phenolic OH excluding ortho intramolecular Hbond substituents is 1. The number of halogens is 2. The van der Waals surface area contributed by atoms with Gasteiger partial charge in [-0.15, -0.1) is 0 Å². The standard InChI is InChI=1S/C18H19Cl2N3O4/c1-26-13-9-12(10-14(27-2)17(13)24)22-3-5-23(6-4-22)18(25)11-7-15(19)21-16(20)8-11/h7-10,24H,3-6H2,1-2H3. The molecule has 1 N–H and O–H groups in total. The number of benzene rings is 1. The van der Waals surface area contributed by atoms with Crippen molar-refractivity contribution in [3.63, 3.8) is 0 Å². The predicted molar refractivity (Wildman–Crippen MR) is 104 cm³/mol. The molecule has 0 bridgehead atoms. The van der Waals surface area contributed by atoms with E-state index in [9.17, 15) is 9.90 Å². The Balaban J connectivity index is 1.73. The van der Waals surface area contributed by atoms with E-state index in [0.29, 0.717) is 43.2 Å². The number of methoxy groups -OCH3 is 2. The average Bonchev–Trinajstić information content (AvgIpc) is 2.67. The van der Waals surface area contributed by atoms with Crippen molar-refractivity contribution in [1.29, 1.82) is 0 Å². The highest BCUT2D eigenvalue weighted by Crippen LogP contribution is 2.40. The van der Waals surface area contributed by atoms with E-state index < -0.39 is 0 Å². The van der Waals surface area contributed by atoms with Gasteiger partial charge < -0.3 is 24.4 Å². The van der Waals surface area contributed by atoms with Gasteiger partial charge >= 0.3 is 0 Å². The fourth-order valence-corrected chi connectivity index (χ4v) is 3.46. The molecule has 0 spiro atoms. The van der Waals surface area contributed by atoms with Gasteiger partial charge in [-0.05, 0) is 12.1 Å². The van der Waals surface area contributed by atoms with Crippen LogP contribution in [0, 0.1) is 0 Å². The van der Waals surface area contributed by atoms with Crippen LogP contribution in [0.5, 0.6) is 17.2 Å². The number of aromatic nitrogens is 1. The minimum Gasteiger partial charge on any atom is -0.502 e. The van der Waals surface area contributed by atoms with Crippen LogP contribution >= 0.6 is 23.2 Å². The summed E-state index contributed by atoms with van der Waals surface area (Å²) in [6, 6.07) is 6.52. The number of hydrogen-bond acceptors (Lipinski definition) is 6. The second-order valence-corrected chi connectivity index (χ2v) is 6.75. The Bertz CT molecular complexity index is 809. The first-order valence-corrected chi connectivity index (χ1v) is 9.01. The first kappa shape index (κ1) is 19.4. The number of carbonyl (C=O) groups excluding carboxylic acids is 1. The normalized spacial score (nSPS) is 14.2. The molecule has 0 atom stereocenters. The summed E-state index contributed by atoms with van der Waals surface area (Å²) in [6.45, 7) is 2.30. The number of aromatic hydroxyl groups is 1. The van der Waals surface area contributed by atoms with Crippen molar-refractivity contribution in [1.82, 2.24) is 9.88 Å². The molecule has 1 aliphatic rings. The van der Waals surface area contributed by atoms with E-state index in [1.54, 1.807) is 17.0 Å². The lowest BCUT2D eigenvalue weighted by atomic mass is 10.2. The van der Waals surface area contributed by atoms with Crippen LogP contribution in [0.4, 0.5) is 5.69 Å². The van der Waals surface area contributed by atoms with E-state index in [0.717, 1.165) is 5.69 Å². The smallest absolute Gasteiger partial charge is 0.254 e. The summed E-state index contributed by atoms with van der Waals surface area (Å²) in [5, 5.41) is 10.4. The van der Waals surface area contributed by atoms with Gasteiger partial charge in [0.2, 0.25) is 5.75 Å². The molecule has 0 unspecified atom stereocenters. The molecule has 2 heterocycles. The number of nitrogens with zero attached hydrogens (tertiary/aromatic N) is 3. The fraction of sp³-hybridized carbons (Fsp3) is 0.333. The third kappa shape index (κ3) is 4.14. The lowest BCUT2D eigenvalue weighted by Gasteiger charge is -2.36. The van der Waals surface area contributed by atoms with Crippen LogP contribution in [-0.2, 0) is 0 Å². The molecule has 0 aliphatic carbocycles. The third-order valence-electron chi connectivity index (χ3n) is 4.41. The molecule has 1 aromatic carbocycles. The maximum Gasteiger partial charge on any atom is 0.254 e. The van der Waals surface area contributed by atoms with Crippen LogP contribution in [0.1, 0.15) is 10.4 Å². The Morgan fingerprint density at radius 1 is 1.00 bits per heavy atom. The van der Waals surface area contributed by atoms with Crippen molar-refractivity contribution in [2.24, 2.45) is 0 Å². The zero-order valence-corrected chi connectivity index (χ0v) is 16.4. The second kappa shape index (κ2) is 8.10. The third-order valence-corrected chi connectivity index (χ3v) is 4.79. The summed E-state index contributed by atoms with van der Waals surface area (Å²) in [7, 11) is 2.97. The molecule has 1 fully saturated rings. The number of ether oxygens (including phenoxy) is 2. The monoisotopic (exact) mass is 411 g/mol. The van der Waals surface area contributed by atoms with Gasteiger partial charge in [-0.1, -0.05) is 23.2 Å². The minimum atomic E-state index is -0.137. The molecule has 1 aromatic heterocycles. The molecule has 3 rings (SSSR count). The zero-order chi connectivity index (χ0) is 19.6. The van der Waals surface area contributed by atoms with E-state index in [-0.39, 0.29) is 22.0 Å². The van der Waals surface area contributed by atoms with Gasteiger partial charge in [0.25, 0.3) is 5.91 Å². The average molecular weight is 412 g/mol. The van der Waals surface area contributed by atoms with E-state index in [4.69, 9.17) is 32.7 Å². The number of rotatable bonds is 4. The Morgan fingerprint density at radius 2 is 1.52 bits per heavy atom. The number of hydrogen-bond donors (Lipinski definition) is 1. The van der Waals surface area contributed by atoms with E-state index >= 15 is 0 Å². The molecule has 27 heavy (non-hydrogen) atoms. The molecule has 1 aliphatic heterocycles. The molecular weight excluding hydrogens is 393 g/mol. The van der Waals surface area contributed by atoms with Gasteiger partial charge in [-0.2, -0.15) is 0 Å². The number of phenols is 1. The van der Waals surface area contributed by atoms with Gasteiger partial charge in [0, 0.05) is 49.6 Å². The van der Waals surface area contributed by atoms with Crippen LogP contribution in [-0.4, -0.2) is 61.3 Å². The van der Waals surface area contributed by atoms with Crippen LogP contribution < -0.4 is 14.4 Å². The van der Waals surface area contributed by atoms with Gasteiger partial charge in [0.05, 0.1) is 14.2 Å².